The van der Waals surface area contributed by atoms with Gasteiger partial charge in [-0.2, -0.15) is 5.26 Å². The van der Waals surface area contributed by atoms with Gasteiger partial charge in [-0.25, -0.2) is 9.97 Å². The fourth-order valence-corrected chi connectivity index (χ4v) is 4.84. The molecule has 8 heteroatoms. The molecular weight excluding hydrogens is 382 g/mol. The Morgan fingerprint density at radius 3 is 2.96 bits per heavy atom. The van der Waals surface area contributed by atoms with Crippen molar-refractivity contribution in [2.75, 3.05) is 5.73 Å². The van der Waals surface area contributed by atoms with Gasteiger partial charge in [-0.3, -0.25) is 4.79 Å². The van der Waals surface area contributed by atoms with Crippen molar-refractivity contribution in [1.29, 1.82) is 5.26 Å². The molecule has 3 rings (SSSR count). The first-order valence-corrected chi connectivity index (χ1v) is 10.00. The van der Waals surface area contributed by atoms with Crippen LogP contribution in [0.4, 0.5) is 5.00 Å². The third kappa shape index (κ3) is 3.68. The summed E-state index contributed by atoms with van der Waals surface area (Å²) in [6, 6.07) is 3.75. The lowest BCUT2D eigenvalue weighted by Gasteiger charge is -2.25. The van der Waals surface area contributed by atoms with Crippen LogP contribution in [0.1, 0.15) is 65.0 Å². The van der Waals surface area contributed by atoms with Crippen molar-refractivity contribution in [3.8, 4) is 6.07 Å². The lowest BCUT2D eigenvalue weighted by molar-refractivity contribution is 0.102. The summed E-state index contributed by atoms with van der Waals surface area (Å²) >= 11 is 7.29. The average Bonchev–Trinajstić information content (AvgIpc) is 3.00. The van der Waals surface area contributed by atoms with E-state index in [9.17, 15) is 10.1 Å². The number of carbonyl (C=O) groups excluding carboxylic acids is 1. The van der Waals surface area contributed by atoms with E-state index >= 15 is 0 Å². The molecular formula is C19H20ClN5OS. The quantitative estimate of drug-likeness (QED) is 0.444. The first-order valence-electron chi connectivity index (χ1n) is 8.80. The van der Waals surface area contributed by atoms with Crippen LogP contribution in [-0.4, -0.2) is 15.8 Å². The molecule has 2 heterocycles. The molecule has 0 fully saturated rings. The molecule has 0 amide bonds. The fourth-order valence-electron chi connectivity index (χ4n) is 3.57. The van der Waals surface area contributed by atoms with E-state index in [-0.39, 0.29) is 22.7 Å². The summed E-state index contributed by atoms with van der Waals surface area (Å²) in [7, 11) is 0. The second-order valence-corrected chi connectivity index (χ2v) is 7.93. The van der Waals surface area contributed by atoms with Crippen LogP contribution < -0.4 is 11.5 Å². The molecule has 27 heavy (non-hydrogen) atoms. The lowest BCUT2D eigenvalue weighted by atomic mass is 9.80. The maximum absolute atomic E-state index is 13.1. The van der Waals surface area contributed by atoms with Gasteiger partial charge in [0.05, 0.1) is 5.56 Å². The first-order chi connectivity index (χ1) is 13.0. The second-order valence-electron chi connectivity index (χ2n) is 6.46. The number of aromatic nitrogens is 2. The van der Waals surface area contributed by atoms with E-state index in [2.05, 4.69) is 16.0 Å². The highest BCUT2D eigenvalue weighted by Gasteiger charge is 2.31. The lowest BCUT2D eigenvalue weighted by Crippen LogP contribution is -2.21. The standard InChI is InChI=1S/C19H20ClN5OS/c1-2-4-11(17(26)13-7-8-24-19(20)25-13)16(22)10-5-3-6-14-15(10)12(9-21)18(23)27-14/h7-8,10H,2-6,22-23H2,1H3/t10-/m0/s1. The van der Waals surface area contributed by atoms with Crippen LogP contribution in [0.15, 0.2) is 23.5 Å². The molecule has 1 aliphatic rings. The number of hydrogen-bond donors (Lipinski definition) is 2. The zero-order valence-corrected chi connectivity index (χ0v) is 16.5. The molecule has 0 bridgehead atoms. The number of halogens is 1. The minimum absolute atomic E-state index is 0.0209. The Bertz CT molecular complexity index is 959. The van der Waals surface area contributed by atoms with Crippen LogP contribution in [0.2, 0.25) is 5.28 Å². The van der Waals surface area contributed by atoms with Crippen molar-refractivity contribution in [2.45, 2.75) is 44.9 Å². The van der Waals surface area contributed by atoms with Crippen LogP contribution in [0.3, 0.4) is 0 Å². The zero-order chi connectivity index (χ0) is 19.6. The molecule has 0 saturated carbocycles. The molecule has 0 spiro atoms. The molecule has 0 aromatic carbocycles. The molecule has 140 valence electrons. The third-order valence-corrected chi connectivity index (χ3v) is 6.04. The largest absolute Gasteiger partial charge is 0.401 e. The number of nitrogens with zero attached hydrogens (tertiary/aromatic N) is 3. The van der Waals surface area contributed by atoms with Crippen molar-refractivity contribution in [1.82, 2.24) is 9.97 Å². The molecule has 0 saturated heterocycles. The van der Waals surface area contributed by atoms with Gasteiger partial charge in [0.1, 0.15) is 16.8 Å². The van der Waals surface area contributed by atoms with Gasteiger partial charge in [-0.15, -0.1) is 11.3 Å². The van der Waals surface area contributed by atoms with Crippen LogP contribution in [-0.2, 0) is 6.42 Å². The summed E-state index contributed by atoms with van der Waals surface area (Å²) in [5, 5.41) is 10.1. The van der Waals surface area contributed by atoms with Gasteiger partial charge >= 0.3 is 0 Å². The van der Waals surface area contributed by atoms with E-state index in [0.29, 0.717) is 28.3 Å². The summed E-state index contributed by atoms with van der Waals surface area (Å²) in [4.78, 5) is 22.0. The topological polar surface area (TPSA) is 119 Å². The van der Waals surface area contributed by atoms with Crippen molar-refractivity contribution in [3.05, 3.63) is 50.5 Å². The van der Waals surface area contributed by atoms with Gasteiger partial charge in [-0.1, -0.05) is 13.3 Å². The van der Waals surface area contributed by atoms with E-state index in [1.165, 1.54) is 23.6 Å². The predicted octanol–water partition coefficient (Wildman–Crippen LogP) is 3.96. The van der Waals surface area contributed by atoms with Gasteiger partial charge in [-0.05, 0) is 48.9 Å². The number of hydrogen-bond acceptors (Lipinski definition) is 7. The molecule has 1 aliphatic carbocycles. The zero-order valence-electron chi connectivity index (χ0n) is 15.0. The Morgan fingerprint density at radius 2 is 2.30 bits per heavy atom. The fraction of sp³-hybridized carbons (Fsp3) is 0.368. The van der Waals surface area contributed by atoms with E-state index in [0.717, 1.165) is 36.1 Å². The molecule has 0 unspecified atom stereocenters. The minimum atomic E-state index is -0.243. The second kappa shape index (κ2) is 8.07. The maximum Gasteiger partial charge on any atom is 0.222 e. The van der Waals surface area contributed by atoms with Gasteiger partial charge in [0.15, 0.2) is 0 Å². The van der Waals surface area contributed by atoms with Crippen LogP contribution in [0, 0.1) is 11.3 Å². The Hall–Kier alpha value is -2.43. The monoisotopic (exact) mass is 401 g/mol. The van der Waals surface area contributed by atoms with E-state index in [1.807, 2.05) is 6.92 Å². The Morgan fingerprint density at radius 1 is 1.52 bits per heavy atom. The van der Waals surface area contributed by atoms with Gasteiger partial charge < -0.3 is 11.5 Å². The highest BCUT2D eigenvalue weighted by Crippen LogP contribution is 2.44. The number of thiophene rings is 1. The van der Waals surface area contributed by atoms with E-state index in [1.54, 1.807) is 0 Å². The summed E-state index contributed by atoms with van der Waals surface area (Å²) in [5.41, 5.74) is 15.2. The molecule has 2 aromatic rings. The van der Waals surface area contributed by atoms with Crippen molar-refractivity contribution >= 4 is 33.7 Å². The molecule has 0 radical (unpaired) electrons. The normalized spacial score (nSPS) is 17.0. The van der Waals surface area contributed by atoms with Crippen LogP contribution in [0.5, 0.6) is 0 Å². The minimum Gasteiger partial charge on any atom is -0.401 e. The summed E-state index contributed by atoms with van der Waals surface area (Å²) in [5.74, 6) is -0.424. The predicted molar refractivity (Wildman–Crippen MR) is 107 cm³/mol. The molecule has 2 aromatic heterocycles. The van der Waals surface area contributed by atoms with Crippen LogP contribution in [0.25, 0.3) is 0 Å². The first kappa shape index (κ1) is 19.3. The molecule has 6 nitrogen and oxygen atoms in total. The van der Waals surface area contributed by atoms with Gasteiger partial charge in [0.25, 0.3) is 0 Å². The number of aryl methyl sites for hydroxylation is 1. The van der Waals surface area contributed by atoms with Crippen molar-refractivity contribution < 1.29 is 4.79 Å². The van der Waals surface area contributed by atoms with E-state index in [4.69, 9.17) is 23.1 Å². The third-order valence-electron chi connectivity index (χ3n) is 4.76. The SMILES string of the molecule is CCCC(C(=O)c1ccnc(Cl)n1)=C(N)[C@H]1CCCc2sc(N)c(C#N)c21. The van der Waals surface area contributed by atoms with Crippen LogP contribution >= 0.6 is 22.9 Å². The molecule has 0 aliphatic heterocycles. The van der Waals surface area contributed by atoms with E-state index < -0.39 is 0 Å². The number of carbonyl (C=O) groups is 1. The summed E-state index contributed by atoms with van der Waals surface area (Å²) in [6.45, 7) is 1.99. The summed E-state index contributed by atoms with van der Waals surface area (Å²) < 4.78 is 0. The van der Waals surface area contributed by atoms with Crippen molar-refractivity contribution in [3.63, 3.8) is 0 Å². The number of allylic oxidation sites excluding steroid dienone is 2. The number of Topliss-reactive ketones (excluding diaryl/α,β-unsaturated/α-hetero) is 1. The highest BCUT2D eigenvalue weighted by atomic mass is 35.5. The van der Waals surface area contributed by atoms with Gasteiger partial charge in [0.2, 0.25) is 11.1 Å². The number of fused-ring (bicyclic) bond motifs is 1. The summed E-state index contributed by atoms with van der Waals surface area (Å²) in [6.07, 6.45) is 5.35. The molecule has 1 atom stereocenters. The average molecular weight is 402 g/mol. The number of nitriles is 1. The van der Waals surface area contributed by atoms with Crippen molar-refractivity contribution in [2.24, 2.45) is 5.73 Å². The number of rotatable bonds is 5. The number of nitrogen functional groups attached to an aromatic ring is 1. The maximum atomic E-state index is 13.1. The highest BCUT2D eigenvalue weighted by molar-refractivity contribution is 7.16. The Balaban J connectivity index is 2.10. The molecule has 4 N–H and O–H groups in total. The number of nitrogens with two attached hydrogens (primary N) is 2. The smallest absolute Gasteiger partial charge is 0.222 e. The van der Waals surface area contributed by atoms with Gasteiger partial charge in [0, 0.05) is 28.3 Å². The number of anilines is 1. The Kier molecular flexibility index (Phi) is 5.78. The Labute approximate surface area is 166 Å². The number of ketones is 1.